The largest absolute Gasteiger partial charge is 0.454 e. The smallest absolute Gasteiger partial charge is 0.342 e. The van der Waals surface area contributed by atoms with Gasteiger partial charge in [-0.2, -0.15) is 0 Å². The zero-order valence-electron chi connectivity index (χ0n) is 21.1. The first kappa shape index (κ1) is 23.7. The zero-order chi connectivity index (χ0) is 25.4. The summed E-state index contributed by atoms with van der Waals surface area (Å²) in [6, 6.07) is 12.6. The Kier molecular flexibility index (Phi) is 6.03. The van der Waals surface area contributed by atoms with E-state index >= 15 is 0 Å². The molecule has 0 radical (unpaired) electrons. The first-order valence-corrected chi connectivity index (χ1v) is 12.1. The van der Waals surface area contributed by atoms with Gasteiger partial charge in [0.05, 0.1) is 11.1 Å². The molecule has 0 amide bonds. The minimum atomic E-state index is -0.678. The van der Waals surface area contributed by atoms with Gasteiger partial charge in [-0.05, 0) is 75.4 Å². The predicted octanol–water partition coefficient (Wildman–Crippen LogP) is 4.31. The van der Waals surface area contributed by atoms with Gasteiger partial charge in [0.2, 0.25) is 6.79 Å². The minimum Gasteiger partial charge on any atom is -0.454 e. The van der Waals surface area contributed by atoms with Crippen molar-refractivity contribution in [3.63, 3.8) is 0 Å². The lowest BCUT2D eigenvalue weighted by molar-refractivity contribution is 0.174. The van der Waals surface area contributed by atoms with E-state index < -0.39 is 17.2 Å². The van der Waals surface area contributed by atoms with E-state index in [1.807, 2.05) is 63.2 Å². The van der Waals surface area contributed by atoms with Crippen LogP contribution in [-0.2, 0) is 5.54 Å². The van der Waals surface area contributed by atoms with Crippen molar-refractivity contribution in [1.29, 1.82) is 0 Å². The molecule has 1 aliphatic heterocycles. The van der Waals surface area contributed by atoms with Crippen molar-refractivity contribution in [3.8, 4) is 11.5 Å². The fraction of sp³-hybridized carbons (Fsp3) is 0.385. The van der Waals surface area contributed by atoms with Crippen molar-refractivity contribution in [2.75, 3.05) is 30.1 Å². The van der Waals surface area contributed by atoms with E-state index in [9.17, 15) is 4.79 Å². The molecule has 4 aromatic rings. The molecule has 10 heteroatoms. The fourth-order valence-corrected chi connectivity index (χ4v) is 4.39. The number of tetrazole rings is 1. The van der Waals surface area contributed by atoms with Crippen LogP contribution in [0.4, 0.5) is 11.4 Å². The van der Waals surface area contributed by atoms with Gasteiger partial charge in [-0.1, -0.05) is 0 Å². The van der Waals surface area contributed by atoms with Crippen LogP contribution in [0.1, 0.15) is 52.0 Å². The van der Waals surface area contributed by atoms with Gasteiger partial charge in [-0.25, -0.2) is 9.48 Å². The molecule has 0 saturated heterocycles. The summed E-state index contributed by atoms with van der Waals surface area (Å²) in [5.74, 6) is 1.79. The lowest BCUT2D eigenvalue weighted by Gasteiger charge is -2.25. The van der Waals surface area contributed by atoms with Crippen molar-refractivity contribution in [1.82, 2.24) is 20.2 Å². The van der Waals surface area contributed by atoms with E-state index in [0.29, 0.717) is 28.5 Å². The molecule has 2 aromatic carbocycles. The average Bonchev–Trinajstić information content (AvgIpc) is 3.52. The van der Waals surface area contributed by atoms with Gasteiger partial charge in [0.25, 0.3) is 0 Å². The van der Waals surface area contributed by atoms with Crippen LogP contribution in [0.5, 0.6) is 11.5 Å². The van der Waals surface area contributed by atoms with Gasteiger partial charge in [0.1, 0.15) is 11.6 Å². The number of fused-ring (bicyclic) bond motifs is 2. The Morgan fingerprint density at radius 3 is 2.58 bits per heavy atom. The van der Waals surface area contributed by atoms with Crippen LogP contribution in [-0.4, -0.2) is 40.1 Å². The van der Waals surface area contributed by atoms with Crippen LogP contribution in [0.3, 0.4) is 0 Å². The molecule has 0 spiro atoms. The molecule has 1 atom stereocenters. The molecule has 10 nitrogen and oxygen atoms in total. The number of benzene rings is 2. The summed E-state index contributed by atoms with van der Waals surface area (Å²) in [5.41, 5.74) is 1.80. The zero-order valence-corrected chi connectivity index (χ0v) is 21.1. The normalized spacial score (nSPS) is 13.7. The molecule has 0 saturated carbocycles. The summed E-state index contributed by atoms with van der Waals surface area (Å²) in [5, 5.41) is 16.7. The molecule has 2 aromatic heterocycles. The number of nitrogens with zero attached hydrogens (tertiary/aromatic N) is 5. The van der Waals surface area contributed by atoms with Crippen molar-refractivity contribution in [2.24, 2.45) is 0 Å². The van der Waals surface area contributed by atoms with Gasteiger partial charge < -0.3 is 24.1 Å². The summed E-state index contributed by atoms with van der Waals surface area (Å²) in [7, 11) is 0. The van der Waals surface area contributed by atoms with Gasteiger partial charge in [-0.15, -0.1) is 5.10 Å². The van der Waals surface area contributed by atoms with Gasteiger partial charge >= 0.3 is 5.63 Å². The lowest BCUT2D eigenvalue weighted by atomic mass is 10.0. The van der Waals surface area contributed by atoms with Crippen molar-refractivity contribution < 1.29 is 13.9 Å². The van der Waals surface area contributed by atoms with Gasteiger partial charge in [0, 0.05) is 42.0 Å². The molecule has 0 fully saturated rings. The predicted molar refractivity (Wildman–Crippen MR) is 137 cm³/mol. The average molecular weight is 491 g/mol. The summed E-state index contributed by atoms with van der Waals surface area (Å²) < 4.78 is 18.5. The third-order valence-electron chi connectivity index (χ3n) is 6.26. The second-order valence-electron chi connectivity index (χ2n) is 9.65. The highest BCUT2D eigenvalue weighted by molar-refractivity contribution is 5.81. The molecular weight excluding hydrogens is 460 g/mol. The highest BCUT2D eigenvalue weighted by Gasteiger charge is 2.30. The van der Waals surface area contributed by atoms with E-state index in [2.05, 4.69) is 39.6 Å². The van der Waals surface area contributed by atoms with E-state index in [0.717, 1.165) is 29.9 Å². The standard InChI is InChI=1S/C26H30N6O4/c1-6-31(7-2)18-10-8-16-12-19(25(33)36-21(16)14-18)23(24-28-29-30-32(24)26(3,4)5)27-17-9-11-20-22(13-17)35-15-34-20/h8-14,23,27H,6-7,15H2,1-5H3. The number of ether oxygens (including phenoxy) is 2. The molecule has 0 aliphatic carbocycles. The first-order chi connectivity index (χ1) is 17.3. The molecule has 3 heterocycles. The number of anilines is 2. The van der Waals surface area contributed by atoms with Crippen molar-refractivity contribution in [3.05, 3.63) is 64.3 Å². The number of nitrogens with one attached hydrogen (secondary N) is 1. The quantitative estimate of drug-likeness (QED) is 0.379. The highest BCUT2D eigenvalue weighted by Crippen LogP contribution is 2.36. The summed E-state index contributed by atoms with van der Waals surface area (Å²) >= 11 is 0. The Morgan fingerprint density at radius 1 is 1.06 bits per heavy atom. The maximum absolute atomic E-state index is 13.4. The Hall–Kier alpha value is -4.08. The molecule has 1 unspecified atom stereocenters. The number of hydrogen-bond acceptors (Lipinski definition) is 9. The van der Waals surface area contributed by atoms with Crippen LogP contribution in [0.2, 0.25) is 0 Å². The van der Waals surface area contributed by atoms with Crippen molar-refractivity contribution >= 4 is 22.3 Å². The van der Waals surface area contributed by atoms with Crippen LogP contribution in [0.15, 0.2) is 51.7 Å². The second kappa shape index (κ2) is 9.18. The number of hydrogen-bond donors (Lipinski definition) is 1. The third-order valence-corrected chi connectivity index (χ3v) is 6.26. The SMILES string of the molecule is CCN(CC)c1ccc2cc(C(Nc3ccc4c(c3)OCO4)c3nnnn3C(C)(C)C)c(=O)oc2c1. The van der Waals surface area contributed by atoms with Gasteiger partial charge in [-0.3, -0.25) is 0 Å². The second-order valence-corrected chi connectivity index (χ2v) is 9.65. The summed E-state index contributed by atoms with van der Waals surface area (Å²) in [6.07, 6.45) is 0. The molecule has 188 valence electrons. The third kappa shape index (κ3) is 4.34. The molecular formula is C26H30N6O4. The number of rotatable bonds is 7. The van der Waals surface area contributed by atoms with Gasteiger partial charge in [0.15, 0.2) is 17.3 Å². The van der Waals surface area contributed by atoms with Crippen LogP contribution in [0, 0.1) is 0 Å². The highest BCUT2D eigenvalue weighted by atomic mass is 16.7. The molecule has 0 bridgehead atoms. The molecule has 36 heavy (non-hydrogen) atoms. The Morgan fingerprint density at radius 2 is 1.83 bits per heavy atom. The minimum absolute atomic E-state index is 0.175. The van der Waals surface area contributed by atoms with E-state index in [1.54, 1.807) is 4.68 Å². The van der Waals surface area contributed by atoms with E-state index in [1.165, 1.54) is 0 Å². The molecule has 1 N–H and O–H groups in total. The maximum Gasteiger partial charge on any atom is 0.342 e. The lowest BCUT2D eigenvalue weighted by Crippen LogP contribution is -2.31. The van der Waals surface area contributed by atoms with E-state index in [-0.39, 0.29) is 6.79 Å². The van der Waals surface area contributed by atoms with Crippen LogP contribution >= 0.6 is 0 Å². The monoisotopic (exact) mass is 490 g/mol. The van der Waals surface area contributed by atoms with E-state index in [4.69, 9.17) is 13.9 Å². The van der Waals surface area contributed by atoms with Crippen LogP contribution in [0.25, 0.3) is 11.0 Å². The topological polar surface area (TPSA) is 108 Å². The number of aromatic nitrogens is 4. The Labute approximate surface area is 208 Å². The molecule has 1 aliphatic rings. The summed E-state index contributed by atoms with van der Waals surface area (Å²) in [4.78, 5) is 15.6. The first-order valence-electron chi connectivity index (χ1n) is 12.1. The summed E-state index contributed by atoms with van der Waals surface area (Å²) in [6.45, 7) is 12.1. The Balaban J connectivity index is 1.62. The Bertz CT molecular complexity index is 1450. The fourth-order valence-electron chi connectivity index (χ4n) is 4.39. The van der Waals surface area contributed by atoms with Crippen LogP contribution < -0.4 is 25.3 Å². The maximum atomic E-state index is 13.4. The molecule has 5 rings (SSSR count). The van der Waals surface area contributed by atoms with Crippen molar-refractivity contribution in [2.45, 2.75) is 46.2 Å².